The molecule has 1 aliphatic rings. The van der Waals surface area contributed by atoms with Crippen LogP contribution in [-0.4, -0.2) is 36.6 Å². The molecular formula is C16H25N3S. The van der Waals surface area contributed by atoms with Gasteiger partial charge >= 0.3 is 0 Å². The second-order valence-corrected chi connectivity index (χ2v) is 6.32. The van der Waals surface area contributed by atoms with Crippen LogP contribution in [0.15, 0.2) is 18.2 Å². The molecule has 1 aromatic carbocycles. The summed E-state index contributed by atoms with van der Waals surface area (Å²) >= 11 is 5.13. The first-order chi connectivity index (χ1) is 9.56. The first-order valence-corrected chi connectivity index (χ1v) is 7.80. The zero-order chi connectivity index (χ0) is 14.5. The smallest absolute Gasteiger partial charge is 0.106 e. The van der Waals surface area contributed by atoms with Gasteiger partial charge in [-0.25, -0.2) is 0 Å². The molecule has 1 fully saturated rings. The molecule has 0 radical (unpaired) electrons. The van der Waals surface area contributed by atoms with Crippen LogP contribution in [0.5, 0.6) is 0 Å². The minimum absolute atomic E-state index is 0.468. The van der Waals surface area contributed by atoms with Gasteiger partial charge in [0.1, 0.15) is 4.99 Å². The zero-order valence-electron chi connectivity index (χ0n) is 12.5. The SMILES string of the molecule is Cc1ccc(NCCC2CCN(C)CC2)c(C(N)=S)c1. The third-order valence-electron chi connectivity index (χ3n) is 4.15. The van der Waals surface area contributed by atoms with Gasteiger partial charge in [-0.15, -0.1) is 0 Å². The Morgan fingerprint density at radius 2 is 2.10 bits per heavy atom. The highest BCUT2D eigenvalue weighted by atomic mass is 32.1. The molecule has 20 heavy (non-hydrogen) atoms. The first-order valence-electron chi connectivity index (χ1n) is 7.39. The van der Waals surface area contributed by atoms with E-state index in [9.17, 15) is 0 Å². The van der Waals surface area contributed by atoms with Crippen molar-refractivity contribution in [2.75, 3.05) is 32.0 Å². The Bertz CT molecular complexity index is 465. The summed E-state index contributed by atoms with van der Waals surface area (Å²) in [6.07, 6.45) is 3.85. The molecule has 1 aromatic rings. The minimum atomic E-state index is 0.468. The number of anilines is 1. The lowest BCUT2D eigenvalue weighted by Crippen LogP contribution is -2.30. The Balaban J connectivity index is 1.86. The van der Waals surface area contributed by atoms with Crippen LogP contribution in [0.25, 0.3) is 0 Å². The van der Waals surface area contributed by atoms with Crippen molar-refractivity contribution in [2.45, 2.75) is 26.2 Å². The van der Waals surface area contributed by atoms with Crippen LogP contribution in [0.4, 0.5) is 5.69 Å². The summed E-state index contributed by atoms with van der Waals surface area (Å²) < 4.78 is 0. The molecule has 0 bridgehead atoms. The van der Waals surface area contributed by atoms with Crippen LogP contribution in [0, 0.1) is 12.8 Å². The number of thiocarbonyl (C=S) groups is 1. The van der Waals surface area contributed by atoms with E-state index < -0.39 is 0 Å². The lowest BCUT2D eigenvalue weighted by atomic mass is 9.94. The van der Waals surface area contributed by atoms with Gasteiger partial charge in [0.05, 0.1) is 0 Å². The van der Waals surface area contributed by atoms with E-state index in [1.807, 2.05) is 0 Å². The van der Waals surface area contributed by atoms with Crippen LogP contribution >= 0.6 is 12.2 Å². The molecule has 1 aliphatic heterocycles. The van der Waals surface area contributed by atoms with Crippen molar-refractivity contribution in [3.63, 3.8) is 0 Å². The van der Waals surface area contributed by atoms with Crippen molar-refractivity contribution in [1.82, 2.24) is 4.90 Å². The van der Waals surface area contributed by atoms with Gasteiger partial charge in [0.2, 0.25) is 0 Å². The van der Waals surface area contributed by atoms with E-state index in [1.54, 1.807) is 0 Å². The standard InChI is InChI=1S/C16H25N3S/c1-12-3-4-15(14(11-12)16(17)20)18-8-5-13-6-9-19(2)10-7-13/h3-4,11,13,18H,5-10H2,1-2H3,(H2,17,20). The Kier molecular flexibility index (Phi) is 5.38. The number of rotatable bonds is 5. The van der Waals surface area contributed by atoms with E-state index in [1.165, 1.54) is 37.9 Å². The quantitative estimate of drug-likeness (QED) is 0.819. The van der Waals surface area contributed by atoms with Crippen molar-refractivity contribution < 1.29 is 0 Å². The van der Waals surface area contributed by atoms with E-state index >= 15 is 0 Å². The maximum Gasteiger partial charge on any atom is 0.106 e. The molecule has 2 rings (SSSR count). The minimum Gasteiger partial charge on any atom is -0.389 e. The lowest BCUT2D eigenvalue weighted by molar-refractivity contribution is 0.215. The largest absolute Gasteiger partial charge is 0.389 e. The number of hydrogen-bond donors (Lipinski definition) is 2. The molecule has 3 N–H and O–H groups in total. The van der Waals surface area contributed by atoms with E-state index in [0.29, 0.717) is 4.99 Å². The number of piperidine rings is 1. The van der Waals surface area contributed by atoms with Gasteiger partial charge < -0.3 is 16.0 Å². The Labute approximate surface area is 127 Å². The van der Waals surface area contributed by atoms with Gasteiger partial charge in [-0.3, -0.25) is 0 Å². The van der Waals surface area contributed by atoms with Crippen LogP contribution in [-0.2, 0) is 0 Å². The summed E-state index contributed by atoms with van der Waals surface area (Å²) in [5, 5.41) is 3.50. The number of nitrogens with one attached hydrogen (secondary N) is 1. The molecule has 110 valence electrons. The second-order valence-electron chi connectivity index (χ2n) is 5.88. The molecule has 0 spiro atoms. The number of hydrogen-bond acceptors (Lipinski definition) is 3. The van der Waals surface area contributed by atoms with E-state index in [0.717, 1.165) is 23.7 Å². The van der Waals surface area contributed by atoms with E-state index in [4.69, 9.17) is 18.0 Å². The molecule has 0 unspecified atom stereocenters. The Hall–Kier alpha value is -1.13. The molecule has 0 aromatic heterocycles. The Morgan fingerprint density at radius 3 is 2.75 bits per heavy atom. The predicted octanol–water partition coefficient (Wildman–Crippen LogP) is 2.77. The van der Waals surface area contributed by atoms with Crippen molar-refractivity contribution in [1.29, 1.82) is 0 Å². The van der Waals surface area contributed by atoms with Crippen molar-refractivity contribution in [3.05, 3.63) is 29.3 Å². The summed E-state index contributed by atoms with van der Waals surface area (Å²) in [4.78, 5) is 2.88. The molecule has 1 heterocycles. The molecule has 0 saturated carbocycles. The van der Waals surface area contributed by atoms with Crippen molar-refractivity contribution in [2.24, 2.45) is 11.7 Å². The van der Waals surface area contributed by atoms with Gasteiger partial charge in [-0.05, 0) is 64.4 Å². The molecule has 0 atom stereocenters. The molecule has 0 aliphatic carbocycles. The van der Waals surface area contributed by atoms with Gasteiger partial charge in [-0.1, -0.05) is 23.8 Å². The number of likely N-dealkylation sites (tertiary alicyclic amines) is 1. The summed E-state index contributed by atoms with van der Waals surface area (Å²) in [5.74, 6) is 0.845. The van der Waals surface area contributed by atoms with Crippen LogP contribution in [0.1, 0.15) is 30.4 Å². The van der Waals surface area contributed by atoms with Crippen LogP contribution < -0.4 is 11.1 Å². The highest BCUT2D eigenvalue weighted by molar-refractivity contribution is 7.80. The second kappa shape index (κ2) is 7.04. The highest BCUT2D eigenvalue weighted by Gasteiger charge is 2.16. The molecule has 4 heteroatoms. The Morgan fingerprint density at radius 1 is 1.40 bits per heavy atom. The predicted molar refractivity (Wildman–Crippen MR) is 90.4 cm³/mol. The highest BCUT2D eigenvalue weighted by Crippen LogP contribution is 2.21. The topological polar surface area (TPSA) is 41.3 Å². The molecular weight excluding hydrogens is 266 g/mol. The summed E-state index contributed by atoms with van der Waals surface area (Å²) in [6.45, 7) is 5.51. The summed E-state index contributed by atoms with van der Waals surface area (Å²) in [7, 11) is 2.20. The van der Waals surface area contributed by atoms with Crippen LogP contribution in [0.2, 0.25) is 0 Å². The lowest BCUT2D eigenvalue weighted by Gasteiger charge is -2.29. The monoisotopic (exact) mass is 291 g/mol. The maximum atomic E-state index is 5.80. The summed E-state index contributed by atoms with van der Waals surface area (Å²) in [5.41, 5.74) is 9.01. The van der Waals surface area contributed by atoms with Gasteiger partial charge in [0.15, 0.2) is 0 Å². The fraction of sp³-hybridized carbons (Fsp3) is 0.562. The zero-order valence-corrected chi connectivity index (χ0v) is 13.3. The fourth-order valence-corrected chi connectivity index (χ4v) is 2.95. The third-order valence-corrected chi connectivity index (χ3v) is 4.37. The fourth-order valence-electron chi connectivity index (χ4n) is 2.78. The molecule has 0 amide bonds. The van der Waals surface area contributed by atoms with Gasteiger partial charge in [-0.2, -0.15) is 0 Å². The number of nitrogens with zero attached hydrogens (tertiary/aromatic N) is 1. The number of benzene rings is 1. The van der Waals surface area contributed by atoms with E-state index in [-0.39, 0.29) is 0 Å². The van der Waals surface area contributed by atoms with Crippen molar-refractivity contribution in [3.8, 4) is 0 Å². The van der Waals surface area contributed by atoms with Gasteiger partial charge in [0, 0.05) is 17.8 Å². The summed E-state index contributed by atoms with van der Waals surface area (Å²) in [6, 6.07) is 6.23. The third kappa shape index (κ3) is 4.18. The van der Waals surface area contributed by atoms with Crippen molar-refractivity contribution >= 4 is 22.9 Å². The number of aryl methyl sites for hydroxylation is 1. The van der Waals surface area contributed by atoms with Crippen LogP contribution in [0.3, 0.4) is 0 Å². The first kappa shape index (κ1) is 15.3. The number of nitrogens with two attached hydrogens (primary N) is 1. The van der Waals surface area contributed by atoms with E-state index in [2.05, 4.69) is 42.4 Å². The molecule has 1 saturated heterocycles. The average molecular weight is 291 g/mol. The maximum absolute atomic E-state index is 5.80. The van der Waals surface area contributed by atoms with Gasteiger partial charge in [0.25, 0.3) is 0 Å². The average Bonchev–Trinajstić information content (AvgIpc) is 2.42. The normalized spacial score (nSPS) is 17.1. The molecule has 3 nitrogen and oxygen atoms in total.